The van der Waals surface area contributed by atoms with Gasteiger partial charge in [-0.3, -0.25) is 4.79 Å². The van der Waals surface area contributed by atoms with Crippen LogP contribution >= 0.6 is 0 Å². The summed E-state index contributed by atoms with van der Waals surface area (Å²) in [4.78, 5) is 26.3. The van der Waals surface area contributed by atoms with E-state index in [4.69, 9.17) is 0 Å². The molecular weight excluding hydrogens is 338 g/mol. The topological polar surface area (TPSA) is 61.4 Å². The van der Waals surface area contributed by atoms with E-state index >= 15 is 0 Å². The van der Waals surface area contributed by atoms with Crippen LogP contribution in [0.1, 0.15) is 48.9 Å². The zero-order chi connectivity index (χ0) is 18.5. The minimum absolute atomic E-state index is 0.00762. The van der Waals surface area contributed by atoms with Gasteiger partial charge in [0.05, 0.1) is 5.52 Å². The molecule has 144 valence electrons. The average Bonchev–Trinajstić information content (AvgIpc) is 3.25. The molecule has 6 nitrogen and oxygen atoms in total. The fourth-order valence-corrected chi connectivity index (χ4v) is 4.15. The van der Waals surface area contributed by atoms with Crippen LogP contribution in [0.3, 0.4) is 0 Å². The van der Waals surface area contributed by atoms with E-state index in [1.54, 1.807) is 6.33 Å². The van der Waals surface area contributed by atoms with E-state index < -0.39 is 0 Å². The summed E-state index contributed by atoms with van der Waals surface area (Å²) in [5, 5.41) is 4.04. The number of hydrogen-bond acceptors (Lipinski definition) is 5. The molecule has 2 aliphatic rings. The predicted molar refractivity (Wildman–Crippen MR) is 108 cm³/mol. The summed E-state index contributed by atoms with van der Waals surface area (Å²) in [7, 11) is 0. The lowest BCUT2D eigenvalue weighted by molar-refractivity contribution is 0.0951. The Morgan fingerprint density at radius 1 is 1.00 bits per heavy atom. The first kappa shape index (κ1) is 18.2. The van der Waals surface area contributed by atoms with Crippen molar-refractivity contribution in [2.75, 3.05) is 44.2 Å². The van der Waals surface area contributed by atoms with Gasteiger partial charge in [0.1, 0.15) is 12.1 Å². The van der Waals surface area contributed by atoms with E-state index in [2.05, 4.69) is 25.1 Å². The van der Waals surface area contributed by atoms with Gasteiger partial charge in [0.25, 0.3) is 5.91 Å². The molecule has 0 atom stereocenters. The molecule has 1 aromatic heterocycles. The number of hydrogen-bond donors (Lipinski definition) is 1. The van der Waals surface area contributed by atoms with Gasteiger partial charge in [0.15, 0.2) is 0 Å². The molecule has 0 bridgehead atoms. The number of fused-ring (bicyclic) bond motifs is 1. The Kier molecular flexibility index (Phi) is 5.82. The highest BCUT2D eigenvalue weighted by Crippen LogP contribution is 2.26. The van der Waals surface area contributed by atoms with Crippen LogP contribution in [0.15, 0.2) is 24.5 Å². The molecule has 2 aromatic rings. The number of benzene rings is 1. The van der Waals surface area contributed by atoms with Crippen LogP contribution in [0.2, 0.25) is 0 Å². The third kappa shape index (κ3) is 4.38. The highest BCUT2D eigenvalue weighted by atomic mass is 16.1. The lowest BCUT2D eigenvalue weighted by Crippen LogP contribution is -2.33. The zero-order valence-electron chi connectivity index (χ0n) is 16.0. The quantitative estimate of drug-likeness (QED) is 0.796. The van der Waals surface area contributed by atoms with Crippen molar-refractivity contribution < 1.29 is 4.79 Å². The fraction of sp³-hybridized carbons (Fsp3) is 0.571. The van der Waals surface area contributed by atoms with Crippen molar-refractivity contribution >= 4 is 22.6 Å². The molecule has 1 aromatic carbocycles. The minimum Gasteiger partial charge on any atom is -0.356 e. The summed E-state index contributed by atoms with van der Waals surface area (Å²) in [6.07, 6.45) is 9.00. The molecule has 2 fully saturated rings. The van der Waals surface area contributed by atoms with Gasteiger partial charge in [0.2, 0.25) is 0 Å². The maximum atomic E-state index is 12.6. The molecule has 6 heteroatoms. The molecule has 27 heavy (non-hydrogen) atoms. The summed E-state index contributed by atoms with van der Waals surface area (Å²) >= 11 is 0. The maximum absolute atomic E-state index is 12.6. The van der Waals surface area contributed by atoms with Crippen molar-refractivity contribution in [1.29, 1.82) is 0 Å². The van der Waals surface area contributed by atoms with Crippen molar-refractivity contribution in [2.45, 2.75) is 38.5 Å². The lowest BCUT2D eigenvalue weighted by Gasteiger charge is -2.26. The van der Waals surface area contributed by atoms with E-state index in [-0.39, 0.29) is 5.91 Å². The maximum Gasteiger partial charge on any atom is 0.251 e. The highest BCUT2D eigenvalue weighted by molar-refractivity contribution is 6.00. The molecule has 0 aliphatic carbocycles. The monoisotopic (exact) mass is 367 g/mol. The standard InChI is InChI=1S/C21H29N5O/c27-21(22-9-6-12-25-10-2-1-3-11-25)17-7-8-19-18(15-17)20(24-16-23-19)26-13-4-5-14-26/h7-8,15-16H,1-6,9-14H2,(H,22,27). The van der Waals surface area contributed by atoms with Crippen LogP contribution in [-0.2, 0) is 0 Å². The fourth-order valence-electron chi connectivity index (χ4n) is 4.15. The summed E-state index contributed by atoms with van der Waals surface area (Å²) in [6.45, 7) is 6.26. The molecule has 1 amide bonds. The number of rotatable bonds is 6. The Morgan fingerprint density at radius 3 is 2.59 bits per heavy atom. The number of carbonyl (C=O) groups is 1. The van der Waals surface area contributed by atoms with E-state index in [9.17, 15) is 4.79 Å². The number of anilines is 1. The summed E-state index contributed by atoms with van der Waals surface area (Å²) in [5.74, 6) is 0.948. The number of nitrogens with one attached hydrogen (secondary N) is 1. The number of nitrogens with zero attached hydrogens (tertiary/aromatic N) is 4. The van der Waals surface area contributed by atoms with Crippen molar-refractivity contribution in [3.05, 3.63) is 30.1 Å². The van der Waals surface area contributed by atoms with Gasteiger partial charge in [-0.15, -0.1) is 0 Å². The molecule has 0 spiro atoms. The number of aromatic nitrogens is 2. The largest absolute Gasteiger partial charge is 0.356 e. The summed E-state index contributed by atoms with van der Waals surface area (Å²) < 4.78 is 0. The van der Waals surface area contributed by atoms with Crippen LogP contribution in [0.5, 0.6) is 0 Å². The summed E-state index contributed by atoms with van der Waals surface area (Å²) in [6, 6.07) is 5.74. The van der Waals surface area contributed by atoms with Gasteiger partial charge in [0, 0.05) is 30.6 Å². The molecule has 0 unspecified atom stereocenters. The second-order valence-electron chi connectivity index (χ2n) is 7.64. The average molecular weight is 367 g/mol. The molecule has 3 heterocycles. The smallest absolute Gasteiger partial charge is 0.251 e. The molecule has 2 aliphatic heterocycles. The van der Waals surface area contributed by atoms with E-state index in [0.29, 0.717) is 5.56 Å². The van der Waals surface area contributed by atoms with Crippen molar-refractivity contribution in [3.8, 4) is 0 Å². The first-order valence-corrected chi connectivity index (χ1v) is 10.3. The van der Waals surface area contributed by atoms with Crippen molar-refractivity contribution in [3.63, 3.8) is 0 Å². The van der Waals surface area contributed by atoms with Crippen LogP contribution < -0.4 is 10.2 Å². The molecule has 0 saturated carbocycles. The Hall–Kier alpha value is -2.21. The Balaban J connectivity index is 1.38. The van der Waals surface area contributed by atoms with Gasteiger partial charge in [-0.25, -0.2) is 9.97 Å². The van der Waals surface area contributed by atoms with Gasteiger partial charge in [-0.1, -0.05) is 6.42 Å². The van der Waals surface area contributed by atoms with Crippen LogP contribution in [0.4, 0.5) is 5.82 Å². The van der Waals surface area contributed by atoms with E-state index in [1.165, 1.54) is 45.2 Å². The Morgan fingerprint density at radius 2 is 1.78 bits per heavy atom. The molecule has 0 radical (unpaired) electrons. The second kappa shape index (κ2) is 8.65. The number of amides is 1. The lowest BCUT2D eigenvalue weighted by atomic mass is 10.1. The normalized spacial score (nSPS) is 18.1. The third-order valence-corrected chi connectivity index (χ3v) is 5.67. The van der Waals surface area contributed by atoms with Crippen molar-refractivity contribution in [1.82, 2.24) is 20.2 Å². The third-order valence-electron chi connectivity index (χ3n) is 5.67. The van der Waals surface area contributed by atoms with Crippen molar-refractivity contribution in [2.24, 2.45) is 0 Å². The molecule has 2 saturated heterocycles. The molecule has 1 N–H and O–H groups in total. The minimum atomic E-state index is -0.00762. The van der Waals surface area contributed by atoms with Crippen LogP contribution in [0, 0.1) is 0 Å². The molecule has 4 rings (SSSR count). The van der Waals surface area contributed by atoms with E-state index in [1.807, 2.05) is 18.2 Å². The number of piperidine rings is 1. The van der Waals surface area contributed by atoms with Gasteiger partial charge in [-0.2, -0.15) is 0 Å². The second-order valence-corrected chi connectivity index (χ2v) is 7.64. The molecular formula is C21H29N5O. The van der Waals surface area contributed by atoms with Gasteiger partial charge in [-0.05, 0) is 69.9 Å². The van der Waals surface area contributed by atoms with Gasteiger partial charge >= 0.3 is 0 Å². The highest BCUT2D eigenvalue weighted by Gasteiger charge is 2.17. The summed E-state index contributed by atoms with van der Waals surface area (Å²) in [5.41, 5.74) is 1.59. The van der Waals surface area contributed by atoms with Gasteiger partial charge < -0.3 is 15.1 Å². The first-order chi connectivity index (χ1) is 13.3. The number of carbonyl (C=O) groups excluding carboxylic acids is 1. The van der Waals surface area contributed by atoms with Crippen LogP contribution in [-0.4, -0.2) is 60.0 Å². The van der Waals surface area contributed by atoms with E-state index in [0.717, 1.165) is 49.3 Å². The first-order valence-electron chi connectivity index (χ1n) is 10.3. The predicted octanol–water partition coefficient (Wildman–Crippen LogP) is 2.84. The number of likely N-dealkylation sites (tertiary alicyclic amines) is 1. The Labute approximate surface area is 161 Å². The Bertz CT molecular complexity index is 781. The zero-order valence-corrected chi connectivity index (χ0v) is 16.0. The van der Waals surface area contributed by atoms with Crippen LogP contribution in [0.25, 0.3) is 10.9 Å². The SMILES string of the molecule is O=C(NCCCN1CCCCC1)c1ccc2ncnc(N3CCCC3)c2c1.